The first-order valence-corrected chi connectivity index (χ1v) is 11.9. The molecule has 0 aromatic heterocycles. The van der Waals surface area contributed by atoms with Gasteiger partial charge in [0.15, 0.2) is 11.5 Å². The molecule has 3 unspecified atom stereocenters. The SMILES string of the molecule is COc1ccccc1C1C(C#N)=C(N)N(c2cc(OC)c(OC)c(OC)c2)C2CC(C)(C)CC(=O)C12. The van der Waals surface area contributed by atoms with E-state index in [0.717, 1.165) is 5.56 Å². The summed E-state index contributed by atoms with van der Waals surface area (Å²) in [7, 11) is 6.22. The Balaban J connectivity index is 2.00. The summed E-state index contributed by atoms with van der Waals surface area (Å²) in [6.45, 7) is 4.18. The second-order valence-electron chi connectivity index (χ2n) is 9.99. The summed E-state index contributed by atoms with van der Waals surface area (Å²) in [5.41, 5.74) is 8.34. The number of para-hydroxylation sites is 1. The Kier molecular flexibility index (Phi) is 6.77. The van der Waals surface area contributed by atoms with E-state index < -0.39 is 11.8 Å². The largest absolute Gasteiger partial charge is 0.496 e. The van der Waals surface area contributed by atoms with Crippen LogP contribution in [0.2, 0.25) is 0 Å². The maximum absolute atomic E-state index is 13.8. The first-order chi connectivity index (χ1) is 17.2. The predicted octanol–water partition coefficient (Wildman–Crippen LogP) is 4.39. The first-order valence-electron chi connectivity index (χ1n) is 11.9. The van der Waals surface area contributed by atoms with Gasteiger partial charge in [0, 0.05) is 36.1 Å². The number of ether oxygens (including phenoxy) is 4. The third kappa shape index (κ3) is 4.09. The highest BCUT2D eigenvalue weighted by molar-refractivity contribution is 5.87. The number of hydrogen-bond donors (Lipinski definition) is 1. The van der Waals surface area contributed by atoms with Gasteiger partial charge in [-0.3, -0.25) is 4.79 Å². The summed E-state index contributed by atoms with van der Waals surface area (Å²) >= 11 is 0. The fourth-order valence-electron chi connectivity index (χ4n) is 5.81. The van der Waals surface area contributed by atoms with E-state index in [4.69, 9.17) is 24.7 Å². The smallest absolute Gasteiger partial charge is 0.203 e. The normalized spacial score (nSPS) is 23.0. The summed E-state index contributed by atoms with van der Waals surface area (Å²) < 4.78 is 22.3. The minimum Gasteiger partial charge on any atom is -0.496 e. The van der Waals surface area contributed by atoms with Crippen molar-refractivity contribution in [3.8, 4) is 29.1 Å². The van der Waals surface area contributed by atoms with Crippen LogP contribution in [-0.2, 0) is 4.79 Å². The van der Waals surface area contributed by atoms with Crippen molar-refractivity contribution < 1.29 is 23.7 Å². The summed E-state index contributed by atoms with van der Waals surface area (Å²) in [6, 6.07) is 13.1. The topological polar surface area (TPSA) is 107 Å². The third-order valence-corrected chi connectivity index (χ3v) is 7.26. The molecule has 3 atom stereocenters. The number of fused-ring (bicyclic) bond motifs is 1. The minimum atomic E-state index is -0.516. The maximum atomic E-state index is 13.8. The highest BCUT2D eigenvalue weighted by Gasteiger charge is 2.52. The maximum Gasteiger partial charge on any atom is 0.203 e. The van der Waals surface area contributed by atoms with Gasteiger partial charge >= 0.3 is 0 Å². The summed E-state index contributed by atoms with van der Waals surface area (Å²) in [4.78, 5) is 15.7. The van der Waals surface area contributed by atoms with Gasteiger partial charge in [0.25, 0.3) is 0 Å². The Morgan fingerprint density at radius 2 is 1.61 bits per heavy atom. The molecule has 1 saturated carbocycles. The number of hydrogen-bond acceptors (Lipinski definition) is 8. The van der Waals surface area contributed by atoms with Crippen LogP contribution in [0.1, 0.15) is 38.2 Å². The molecule has 1 heterocycles. The predicted molar refractivity (Wildman–Crippen MR) is 136 cm³/mol. The van der Waals surface area contributed by atoms with Gasteiger partial charge in [-0.25, -0.2) is 0 Å². The Labute approximate surface area is 212 Å². The number of nitrogens with two attached hydrogens (primary N) is 1. The van der Waals surface area contributed by atoms with Gasteiger partial charge in [0.1, 0.15) is 17.4 Å². The molecule has 1 aliphatic heterocycles. The van der Waals surface area contributed by atoms with E-state index in [2.05, 4.69) is 19.9 Å². The van der Waals surface area contributed by atoms with E-state index in [-0.39, 0.29) is 17.2 Å². The van der Waals surface area contributed by atoms with Crippen LogP contribution >= 0.6 is 0 Å². The van der Waals surface area contributed by atoms with E-state index in [1.165, 1.54) is 0 Å². The molecule has 0 spiro atoms. The molecule has 0 radical (unpaired) electrons. The monoisotopic (exact) mass is 491 g/mol. The molecule has 36 heavy (non-hydrogen) atoms. The zero-order chi connectivity index (χ0) is 26.2. The van der Waals surface area contributed by atoms with Gasteiger partial charge in [-0.2, -0.15) is 5.26 Å². The fraction of sp³-hybridized carbons (Fsp3) is 0.429. The fourth-order valence-corrected chi connectivity index (χ4v) is 5.81. The lowest BCUT2D eigenvalue weighted by Gasteiger charge is -2.51. The lowest BCUT2D eigenvalue weighted by Crippen LogP contribution is -2.56. The van der Waals surface area contributed by atoms with Gasteiger partial charge in [0.2, 0.25) is 5.75 Å². The van der Waals surface area contributed by atoms with Crippen molar-refractivity contribution in [3.05, 3.63) is 53.4 Å². The Morgan fingerprint density at radius 3 is 2.17 bits per heavy atom. The molecule has 8 heteroatoms. The van der Waals surface area contributed by atoms with Gasteiger partial charge in [-0.1, -0.05) is 32.0 Å². The Hall–Kier alpha value is -3.86. The van der Waals surface area contributed by atoms with Crippen molar-refractivity contribution in [1.82, 2.24) is 0 Å². The number of anilines is 1. The molecule has 4 rings (SSSR count). The van der Waals surface area contributed by atoms with Crippen molar-refractivity contribution in [1.29, 1.82) is 5.26 Å². The molecular weight excluding hydrogens is 458 g/mol. The highest BCUT2D eigenvalue weighted by atomic mass is 16.5. The molecule has 2 N–H and O–H groups in total. The van der Waals surface area contributed by atoms with Crippen LogP contribution in [0.15, 0.2) is 47.8 Å². The van der Waals surface area contributed by atoms with E-state index >= 15 is 0 Å². The molecular formula is C28H33N3O5. The van der Waals surface area contributed by atoms with E-state index in [9.17, 15) is 10.1 Å². The molecule has 2 aromatic rings. The van der Waals surface area contributed by atoms with Gasteiger partial charge < -0.3 is 29.6 Å². The number of carbonyl (C=O) groups excluding carboxylic acids is 1. The molecule has 2 aromatic carbocycles. The second-order valence-corrected chi connectivity index (χ2v) is 9.99. The Bertz CT molecular complexity index is 1220. The molecule has 2 aliphatic rings. The van der Waals surface area contributed by atoms with E-state index in [0.29, 0.717) is 52.9 Å². The Morgan fingerprint density at radius 1 is 1.00 bits per heavy atom. The lowest BCUT2D eigenvalue weighted by atomic mass is 9.61. The number of carbonyl (C=O) groups is 1. The number of Topliss-reactive ketones (excluding diaryl/α,β-unsaturated/α-hetero) is 1. The van der Waals surface area contributed by atoms with Gasteiger partial charge in [0.05, 0.1) is 51.7 Å². The van der Waals surface area contributed by atoms with Crippen LogP contribution in [-0.4, -0.2) is 40.3 Å². The number of methoxy groups -OCH3 is 4. The molecule has 0 saturated heterocycles. The zero-order valence-electron chi connectivity index (χ0n) is 21.6. The number of ketones is 1. The van der Waals surface area contributed by atoms with Crippen molar-refractivity contribution in [2.75, 3.05) is 33.3 Å². The second kappa shape index (κ2) is 9.65. The molecule has 190 valence electrons. The molecule has 1 fully saturated rings. The summed E-state index contributed by atoms with van der Waals surface area (Å²) in [5.74, 6) is 1.39. The van der Waals surface area contributed by atoms with Crippen LogP contribution < -0.4 is 29.6 Å². The van der Waals surface area contributed by atoms with Crippen LogP contribution in [0.5, 0.6) is 23.0 Å². The van der Waals surface area contributed by atoms with E-state index in [1.807, 2.05) is 29.2 Å². The molecule has 1 aliphatic carbocycles. The van der Waals surface area contributed by atoms with Crippen LogP contribution in [0.25, 0.3) is 0 Å². The number of rotatable bonds is 6. The average molecular weight is 492 g/mol. The third-order valence-electron chi connectivity index (χ3n) is 7.26. The zero-order valence-corrected chi connectivity index (χ0v) is 21.6. The van der Waals surface area contributed by atoms with Crippen molar-refractivity contribution >= 4 is 11.5 Å². The standard InChI is InChI=1S/C28H33N3O5/c1-28(2)13-19-25(20(32)14-28)24(17-9-7-8-10-21(17)33-3)18(15-29)27(30)31(19)16-11-22(34-4)26(36-6)23(12-16)35-5/h7-12,19,24-25H,13-14,30H2,1-6H3. The molecule has 0 amide bonds. The summed E-state index contributed by atoms with van der Waals surface area (Å²) in [6.07, 6.45) is 1.12. The van der Waals surface area contributed by atoms with Crippen LogP contribution in [0.3, 0.4) is 0 Å². The van der Waals surface area contributed by atoms with Crippen molar-refractivity contribution in [2.24, 2.45) is 17.1 Å². The molecule has 8 nitrogen and oxygen atoms in total. The quantitative estimate of drug-likeness (QED) is 0.634. The van der Waals surface area contributed by atoms with Gasteiger partial charge in [-0.05, 0) is 17.9 Å². The summed E-state index contributed by atoms with van der Waals surface area (Å²) in [5, 5.41) is 10.3. The number of benzene rings is 2. The van der Waals surface area contributed by atoms with Crippen LogP contribution in [0.4, 0.5) is 5.69 Å². The van der Waals surface area contributed by atoms with Crippen LogP contribution in [0, 0.1) is 22.7 Å². The first kappa shape index (κ1) is 25.2. The highest BCUT2D eigenvalue weighted by Crippen LogP contribution is 2.53. The average Bonchev–Trinajstić information content (AvgIpc) is 2.86. The number of nitrogens with zero attached hydrogens (tertiary/aromatic N) is 2. The minimum absolute atomic E-state index is 0.102. The van der Waals surface area contributed by atoms with E-state index in [1.54, 1.807) is 40.6 Å². The van der Waals surface area contributed by atoms with Crippen molar-refractivity contribution in [3.63, 3.8) is 0 Å². The molecule has 0 bridgehead atoms. The van der Waals surface area contributed by atoms with Gasteiger partial charge in [-0.15, -0.1) is 0 Å². The number of allylic oxidation sites excluding steroid dienone is 1. The number of nitriles is 1. The lowest BCUT2D eigenvalue weighted by molar-refractivity contribution is -0.129. The van der Waals surface area contributed by atoms with Crippen molar-refractivity contribution in [2.45, 2.75) is 38.6 Å².